The first-order valence-corrected chi connectivity index (χ1v) is 8.29. The number of anilines is 1. The Hall–Kier alpha value is -1.48. The average molecular weight is 284 g/mol. The van der Waals surface area contributed by atoms with Crippen molar-refractivity contribution >= 4 is 17.4 Å². The van der Waals surface area contributed by atoms with Gasteiger partial charge in [-0.15, -0.1) is 11.8 Å². The second kappa shape index (κ2) is 6.31. The second-order valence-electron chi connectivity index (χ2n) is 5.07. The SMILES string of the molecule is CCSc1ccccc1NC1CCCc2cccnc21. The minimum absolute atomic E-state index is 0.346. The van der Waals surface area contributed by atoms with Crippen LogP contribution >= 0.6 is 11.8 Å². The largest absolute Gasteiger partial charge is 0.376 e. The summed E-state index contributed by atoms with van der Waals surface area (Å²) in [7, 11) is 0. The molecule has 3 heteroatoms. The molecule has 1 atom stereocenters. The van der Waals surface area contributed by atoms with Gasteiger partial charge in [-0.2, -0.15) is 0 Å². The first-order chi connectivity index (χ1) is 9.88. The minimum Gasteiger partial charge on any atom is -0.376 e. The Morgan fingerprint density at radius 3 is 3.05 bits per heavy atom. The topological polar surface area (TPSA) is 24.9 Å². The zero-order valence-electron chi connectivity index (χ0n) is 11.8. The van der Waals surface area contributed by atoms with Gasteiger partial charge in [-0.25, -0.2) is 0 Å². The van der Waals surface area contributed by atoms with Crippen LogP contribution in [0.4, 0.5) is 5.69 Å². The molecule has 1 N–H and O–H groups in total. The molecule has 1 aliphatic rings. The van der Waals surface area contributed by atoms with E-state index in [1.807, 2.05) is 24.0 Å². The molecule has 3 rings (SSSR count). The van der Waals surface area contributed by atoms with E-state index in [2.05, 4.69) is 47.6 Å². The summed E-state index contributed by atoms with van der Waals surface area (Å²) in [6.07, 6.45) is 5.47. The van der Waals surface area contributed by atoms with Crippen molar-refractivity contribution in [3.05, 3.63) is 53.9 Å². The van der Waals surface area contributed by atoms with Crippen LogP contribution in [0.2, 0.25) is 0 Å². The first kappa shape index (κ1) is 13.5. The van der Waals surface area contributed by atoms with Gasteiger partial charge in [0.15, 0.2) is 0 Å². The number of thioether (sulfide) groups is 1. The standard InChI is InChI=1S/C17H20N2S/c1-2-20-16-11-4-3-9-14(16)19-15-10-5-7-13-8-6-12-18-17(13)15/h3-4,6,8-9,11-12,15,19H,2,5,7,10H2,1H3. The highest BCUT2D eigenvalue weighted by Gasteiger charge is 2.21. The number of nitrogens with zero attached hydrogens (tertiary/aromatic N) is 1. The number of nitrogens with one attached hydrogen (secondary N) is 1. The minimum atomic E-state index is 0.346. The van der Waals surface area contributed by atoms with E-state index in [0.29, 0.717) is 6.04 Å². The Morgan fingerprint density at radius 2 is 2.15 bits per heavy atom. The van der Waals surface area contributed by atoms with Gasteiger partial charge in [0.2, 0.25) is 0 Å². The summed E-state index contributed by atoms with van der Waals surface area (Å²) in [5, 5.41) is 3.71. The monoisotopic (exact) mass is 284 g/mol. The van der Waals surface area contributed by atoms with Crippen molar-refractivity contribution in [1.82, 2.24) is 4.98 Å². The molecule has 1 aliphatic carbocycles. The van der Waals surface area contributed by atoms with E-state index in [1.54, 1.807) is 0 Å². The lowest BCUT2D eigenvalue weighted by Crippen LogP contribution is -2.19. The molecule has 0 aliphatic heterocycles. The van der Waals surface area contributed by atoms with E-state index in [0.717, 1.165) is 18.6 Å². The molecule has 0 radical (unpaired) electrons. The molecule has 2 nitrogen and oxygen atoms in total. The number of hydrogen-bond donors (Lipinski definition) is 1. The van der Waals surface area contributed by atoms with Crippen molar-refractivity contribution in [3.8, 4) is 0 Å². The molecule has 1 aromatic heterocycles. The number of pyridine rings is 1. The zero-order chi connectivity index (χ0) is 13.8. The van der Waals surface area contributed by atoms with E-state index in [4.69, 9.17) is 0 Å². The molecular formula is C17H20N2S. The fraction of sp³-hybridized carbons (Fsp3) is 0.353. The molecule has 0 spiro atoms. The number of aromatic nitrogens is 1. The van der Waals surface area contributed by atoms with Gasteiger partial charge in [-0.05, 0) is 48.8 Å². The number of fused-ring (bicyclic) bond motifs is 1. The lowest BCUT2D eigenvalue weighted by molar-refractivity contribution is 0.582. The summed E-state index contributed by atoms with van der Waals surface area (Å²) >= 11 is 1.89. The van der Waals surface area contributed by atoms with Gasteiger partial charge in [-0.3, -0.25) is 4.98 Å². The molecular weight excluding hydrogens is 264 g/mol. The lowest BCUT2D eigenvalue weighted by Gasteiger charge is -2.26. The normalized spacial score (nSPS) is 17.6. The average Bonchev–Trinajstić information content (AvgIpc) is 2.50. The van der Waals surface area contributed by atoms with Crippen molar-refractivity contribution in [2.45, 2.75) is 37.1 Å². The van der Waals surface area contributed by atoms with Crippen LogP contribution in [0.3, 0.4) is 0 Å². The molecule has 0 saturated heterocycles. The lowest BCUT2D eigenvalue weighted by atomic mass is 9.92. The Labute approximate surface area is 125 Å². The molecule has 1 aromatic carbocycles. The number of benzene rings is 1. The Bertz CT molecular complexity index is 583. The van der Waals surface area contributed by atoms with Gasteiger partial charge in [0.1, 0.15) is 0 Å². The third kappa shape index (κ3) is 2.83. The smallest absolute Gasteiger partial charge is 0.0688 e. The maximum atomic E-state index is 4.60. The van der Waals surface area contributed by atoms with Gasteiger partial charge < -0.3 is 5.32 Å². The van der Waals surface area contributed by atoms with Gasteiger partial charge in [0.05, 0.1) is 11.7 Å². The van der Waals surface area contributed by atoms with E-state index in [1.165, 1.54) is 28.3 Å². The summed E-state index contributed by atoms with van der Waals surface area (Å²) in [4.78, 5) is 5.93. The molecule has 20 heavy (non-hydrogen) atoms. The van der Waals surface area contributed by atoms with E-state index >= 15 is 0 Å². The maximum absolute atomic E-state index is 4.60. The predicted molar refractivity (Wildman–Crippen MR) is 86.4 cm³/mol. The third-order valence-corrected chi connectivity index (χ3v) is 4.67. The van der Waals surface area contributed by atoms with E-state index in [9.17, 15) is 0 Å². The first-order valence-electron chi connectivity index (χ1n) is 7.30. The summed E-state index contributed by atoms with van der Waals surface area (Å²) < 4.78 is 0. The maximum Gasteiger partial charge on any atom is 0.0688 e. The fourth-order valence-corrected chi connectivity index (χ4v) is 3.57. The number of hydrogen-bond acceptors (Lipinski definition) is 3. The highest BCUT2D eigenvalue weighted by atomic mass is 32.2. The molecule has 104 valence electrons. The Kier molecular flexibility index (Phi) is 4.26. The predicted octanol–water partition coefficient (Wildman–Crippen LogP) is 4.68. The summed E-state index contributed by atoms with van der Waals surface area (Å²) in [6, 6.07) is 13.2. The Morgan fingerprint density at radius 1 is 1.25 bits per heavy atom. The number of aryl methyl sites for hydroxylation is 1. The fourth-order valence-electron chi connectivity index (χ4n) is 2.80. The third-order valence-electron chi connectivity index (χ3n) is 3.71. The molecule has 0 saturated carbocycles. The highest BCUT2D eigenvalue weighted by Crippen LogP contribution is 2.34. The van der Waals surface area contributed by atoms with Crippen LogP contribution in [0.5, 0.6) is 0 Å². The van der Waals surface area contributed by atoms with Crippen molar-refractivity contribution < 1.29 is 0 Å². The second-order valence-corrected chi connectivity index (χ2v) is 6.37. The molecule has 0 amide bonds. The van der Waals surface area contributed by atoms with Gasteiger partial charge in [0.25, 0.3) is 0 Å². The number of rotatable bonds is 4. The summed E-state index contributed by atoms with van der Waals surface area (Å²) in [5.41, 5.74) is 3.87. The van der Waals surface area contributed by atoms with Crippen molar-refractivity contribution in [2.75, 3.05) is 11.1 Å². The molecule has 0 bridgehead atoms. The van der Waals surface area contributed by atoms with Crippen LogP contribution in [0.25, 0.3) is 0 Å². The molecule has 2 aromatic rings. The summed E-state index contributed by atoms with van der Waals surface area (Å²) in [6.45, 7) is 2.19. The van der Waals surface area contributed by atoms with E-state index < -0.39 is 0 Å². The Balaban J connectivity index is 1.86. The van der Waals surface area contributed by atoms with Crippen molar-refractivity contribution in [2.24, 2.45) is 0 Å². The van der Waals surface area contributed by atoms with Gasteiger partial charge >= 0.3 is 0 Å². The van der Waals surface area contributed by atoms with Crippen molar-refractivity contribution in [3.63, 3.8) is 0 Å². The molecule has 1 unspecified atom stereocenters. The molecule has 1 heterocycles. The van der Waals surface area contributed by atoms with Crippen molar-refractivity contribution in [1.29, 1.82) is 0 Å². The van der Waals surface area contributed by atoms with Gasteiger partial charge in [0, 0.05) is 16.8 Å². The summed E-state index contributed by atoms with van der Waals surface area (Å²) in [5.74, 6) is 1.10. The quantitative estimate of drug-likeness (QED) is 0.825. The number of para-hydroxylation sites is 1. The molecule has 0 fully saturated rings. The van der Waals surface area contributed by atoms with Crippen LogP contribution in [-0.2, 0) is 6.42 Å². The van der Waals surface area contributed by atoms with Crippen LogP contribution in [-0.4, -0.2) is 10.7 Å². The van der Waals surface area contributed by atoms with E-state index in [-0.39, 0.29) is 0 Å². The zero-order valence-corrected chi connectivity index (χ0v) is 12.6. The van der Waals surface area contributed by atoms with Crippen LogP contribution in [0.15, 0.2) is 47.5 Å². The van der Waals surface area contributed by atoms with Crippen LogP contribution < -0.4 is 5.32 Å². The van der Waals surface area contributed by atoms with Crippen LogP contribution in [0, 0.1) is 0 Å². The van der Waals surface area contributed by atoms with Gasteiger partial charge in [-0.1, -0.05) is 25.1 Å². The van der Waals surface area contributed by atoms with Crippen LogP contribution in [0.1, 0.15) is 37.1 Å². The highest BCUT2D eigenvalue weighted by molar-refractivity contribution is 7.99.